The molecule has 1 unspecified atom stereocenters. The second-order valence-electron chi connectivity index (χ2n) is 7.18. The molecule has 0 N–H and O–H groups in total. The van der Waals surface area contributed by atoms with E-state index in [1.807, 2.05) is 34.1 Å². The van der Waals surface area contributed by atoms with Gasteiger partial charge in [-0.05, 0) is 49.9 Å². The summed E-state index contributed by atoms with van der Waals surface area (Å²) in [7, 11) is 1.62. The van der Waals surface area contributed by atoms with Crippen LogP contribution in [0.25, 0.3) is 0 Å². The Morgan fingerprint density at radius 3 is 2.36 bits per heavy atom. The summed E-state index contributed by atoms with van der Waals surface area (Å²) in [6.07, 6.45) is 4.01. The lowest BCUT2D eigenvalue weighted by atomic mass is 10.0. The van der Waals surface area contributed by atoms with Gasteiger partial charge in [-0.15, -0.1) is 0 Å². The molecule has 0 bridgehead atoms. The van der Waals surface area contributed by atoms with Crippen molar-refractivity contribution in [1.82, 2.24) is 14.7 Å². The van der Waals surface area contributed by atoms with E-state index < -0.39 is 0 Å². The molecule has 1 atom stereocenters. The maximum absolute atomic E-state index is 12.6. The molecule has 6 heteroatoms. The summed E-state index contributed by atoms with van der Waals surface area (Å²) in [6, 6.07) is 8.16. The summed E-state index contributed by atoms with van der Waals surface area (Å²) in [5.74, 6) is 0.817. The number of carbonyl (C=O) groups is 2. The minimum Gasteiger partial charge on any atom is -0.497 e. The number of amides is 3. The van der Waals surface area contributed by atoms with Crippen LogP contribution in [0.4, 0.5) is 4.79 Å². The molecule has 4 rings (SSSR count). The first kappa shape index (κ1) is 16.2. The van der Waals surface area contributed by atoms with Crippen LogP contribution in [0, 0.1) is 0 Å². The lowest BCUT2D eigenvalue weighted by molar-refractivity contribution is 0.0662. The van der Waals surface area contributed by atoms with Crippen molar-refractivity contribution in [3.05, 3.63) is 29.8 Å². The number of hydrogen-bond acceptors (Lipinski definition) is 3. The number of fused-ring (bicyclic) bond motifs is 1. The number of rotatable bonds is 3. The molecule has 0 spiro atoms. The quantitative estimate of drug-likeness (QED) is 0.845. The van der Waals surface area contributed by atoms with Crippen LogP contribution < -0.4 is 4.74 Å². The molecule has 0 radical (unpaired) electrons. The Morgan fingerprint density at radius 1 is 1.00 bits per heavy atom. The fourth-order valence-electron chi connectivity index (χ4n) is 4.35. The molecule has 3 heterocycles. The van der Waals surface area contributed by atoms with Crippen LogP contribution in [-0.4, -0.2) is 72.0 Å². The highest BCUT2D eigenvalue weighted by Crippen LogP contribution is 2.30. The summed E-state index contributed by atoms with van der Waals surface area (Å²) in [4.78, 5) is 31.2. The van der Waals surface area contributed by atoms with E-state index in [1.165, 1.54) is 0 Å². The number of methoxy groups -OCH3 is 1. The molecule has 0 aromatic heterocycles. The van der Waals surface area contributed by atoms with E-state index in [2.05, 4.69) is 4.90 Å². The Balaban J connectivity index is 1.35. The summed E-state index contributed by atoms with van der Waals surface area (Å²) in [5.41, 5.74) is 0.692. The number of ether oxygens (including phenoxy) is 1. The summed E-state index contributed by atoms with van der Waals surface area (Å²) >= 11 is 0. The minimum atomic E-state index is 0.0643. The largest absolute Gasteiger partial charge is 0.497 e. The molecule has 0 aliphatic carbocycles. The number of likely N-dealkylation sites (tertiary alicyclic amines) is 1. The van der Waals surface area contributed by atoms with Gasteiger partial charge in [0.2, 0.25) is 0 Å². The van der Waals surface area contributed by atoms with E-state index in [4.69, 9.17) is 4.74 Å². The van der Waals surface area contributed by atoms with Crippen LogP contribution in [-0.2, 0) is 0 Å². The van der Waals surface area contributed by atoms with E-state index in [-0.39, 0.29) is 18.0 Å². The Kier molecular flexibility index (Phi) is 4.27. The second kappa shape index (κ2) is 6.58. The Bertz CT molecular complexity index is 652. The molecule has 134 valence electrons. The number of nitrogens with zero attached hydrogens (tertiary/aromatic N) is 3. The van der Waals surface area contributed by atoms with E-state index in [1.54, 1.807) is 7.11 Å². The van der Waals surface area contributed by atoms with Crippen LogP contribution in [0.5, 0.6) is 5.75 Å². The first-order valence-electron chi connectivity index (χ1n) is 9.18. The third-order valence-corrected chi connectivity index (χ3v) is 5.81. The molecule has 3 aliphatic rings. The molecule has 3 fully saturated rings. The highest BCUT2D eigenvalue weighted by Gasteiger charge is 2.43. The molecule has 1 aromatic rings. The fourth-order valence-corrected chi connectivity index (χ4v) is 4.35. The average molecular weight is 343 g/mol. The first-order valence-corrected chi connectivity index (χ1v) is 9.18. The van der Waals surface area contributed by atoms with Crippen molar-refractivity contribution < 1.29 is 14.3 Å². The average Bonchev–Trinajstić information content (AvgIpc) is 3.24. The number of carbonyl (C=O) groups excluding carboxylic acids is 2. The molecule has 25 heavy (non-hydrogen) atoms. The first-order chi connectivity index (χ1) is 12.2. The SMILES string of the molecule is COc1ccc(C(=O)N2CCC(N3CC4CCCN4C3=O)CC2)cc1. The van der Waals surface area contributed by atoms with Gasteiger partial charge in [0.1, 0.15) is 5.75 Å². The monoisotopic (exact) mass is 343 g/mol. The topological polar surface area (TPSA) is 53.1 Å². The summed E-state index contributed by atoms with van der Waals surface area (Å²) < 4.78 is 5.14. The molecule has 3 amide bonds. The number of benzene rings is 1. The van der Waals surface area contributed by atoms with Gasteiger partial charge in [0, 0.05) is 37.8 Å². The lowest BCUT2D eigenvalue weighted by Crippen LogP contribution is -2.48. The zero-order valence-corrected chi connectivity index (χ0v) is 14.7. The molecule has 1 aromatic carbocycles. The van der Waals surface area contributed by atoms with E-state index in [0.29, 0.717) is 24.7 Å². The van der Waals surface area contributed by atoms with E-state index >= 15 is 0 Å². The molecule has 0 saturated carbocycles. The van der Waals surface area contributed by atoms with Gasteiger partial charge < -0.3 is 19.4 Å². The predicted octanol–water partition coefficient (Wildman–Crippen LogP) is 2.20. The number of urea groups is 1. The molecule has 6 nitrogen and oxygen atoms in total. The van der Waals surface area contributed by atoms with Gasteiger partial charge in [-0.3, -0.25) is 4.79 Å². The van der Waals surface area contributed by atoms with Gasteiger partial charge in [0.05, 0.1) is 13.2 Å². The third-order valence-electron chi connectivity index (χ3n) is 5.81. The normalized spacial score (nSPS) is 24.0. The van der Waals surface area contributed by atoms with Crippen molar-refractivity contribution in [2.45, 2.75) is 37.8 Å². The van der Waals surface area contributed by atoms with Crippen molar-refractivity contribution in [3.8, 4) is 5.75 Å². The van der Waals surface area contributed by atoms with Crippen molar-refractivity contribution in [3.63, 3.8) is 0 Å². The number of hydrogen-bond donors (Lipinski definition) is 0. The van der Waals surface area contributed by atoms with Gasteiger partial charge in [-0.2, -0.15) is 0 Å². The Morgan fingerprint density at radius 2 is 1.72 bits per heavy atom. The van der Waals surface area contributed by atoms with Gasteiger partial charge in [-0.25, -0.2) is 4.79 Å². The van der Waals surface area contributed by atoms with Gasteiger partial charge in [0.15, 0.2) is 0 Å². The minimum absolute atomic E-state index is 0.0643. The molecule has 3 aliphatic heterocycles. The van der Waals surface area contributed by atoms with Gasteiger partial charge in [0.25, 0.3) is 5.91 Å². The van der Waals surface area contributed by atoms with E-state index in [0.717, 1.165) is 44.5 Å². The lowest BCUT2D eigenvalue weighted by Gasteiger charge is -2.36. The highest BCUT2D eigenvalue weighted by molar-refractivity contribution is 5.94. The highest BCUT2D eigenvalue weighted by atomic mass is 16.5. The standard InChI is InChI=1S/C19H25N3O3/c1-25-17-6-4-14(5-7-17)18(23)20-11-8-15(9-12-20)22-13-16-3-2-10-21(16)19(22)24/h4-7,15-16H,2-3,8-13H2,1H3. The fraction of sp³-hybridized carbons (Fsp3) is 0.579. The molecular formula is C19H25N3O3. The van der Waals surface area contributed by atoms with Crippen molar-refractivity contribution in [1.29, 1.82) is 0 Å². The van der Waals surface area contributed by atoms with Crippen molar-refractivity contribution in [2.75, 3.05) is 33.3 Å². The van der Waals surface area contributed by atoms with Crippen LogP contribution in [0.2, 0.25) is 0 Å². The smallest absolute Gasteiger partial charge is 0.320 e. The van der Waals surface area contributed by atoms with Crippen molar-refractivity contribution in [2.24, 2.45) is 0 Å². The summed E-state index contributed by atoms with van der Waals surface area (Å²) in [5, 5.41) is 0. The second-order valence-corrected chi connectivity index (χ2v) is 7.18. The van der Waals surface area contributed by atoms with Gasteiger partial charge in [-0.1, -0.05) is 0 Å². The Hall–Kier alpha value is -2.24. The van der Waals surface area contributed by atoms with Crippen LogP contribution in [0.15, 0.2) is 24.3 Å². The van der Waals surface area contributed by atoms with Crippen LogP contribution in [0.3, 0.4) is 0 Å². The predicted molar refractivity (Wildman–Crippen MR) is 93.7 cm³/mol. The maximum Gasteiger partial charge on any atom is 0.320 e. The summed E-state index contributed by atoms with van der Waals surface area (Å²) in [6.45, 7) is 3.21. The third kappa shape index (κ3) is 2.94. The molecular weight excluding hydrogens is 318 g/mol. The van der Waals surface area contributed by atoms with Gasteiger partial charge >= 0.3 is 6.03 Å². The zero-order chi connectivity index (χ0) is 17.4. The molecule has 3 saturated heterocycles. The zero-order valence-electron chi connectivity index (χ0n) is 14.7. The van der Waals surface area contributed by atoms with E-state index in [9.17, 15) is 9.59 Å². The van der Waals surface area contributed by atoms with Crippen LogP contribution >= 0.6 is 0 Å². The number of piperidine rings is 1. The maximum atomic E-state index is 12.6. The van der Waals surface area contributed by atoms with Crippen LogP contribution in [0.1, 0.15) is 36.0 Å². The Labute approximate surface area is 148 Å². The van der Waals surface area contributed by atoms with Crippen molar-refractivity contribution >= 4 is 11.9 Å².